The Kier molecular flexibility index (Phi) is 4.16. The normalized spacial score (nSPS) is 28.1. The van der Waals surface area contributed by atoms with Crippen molar-refractivity contribution in [3.8, 4) is 0 Å². The molecule has 0 aromatic heterocycles. The number of rotatable bonds is 3. The van der Waals surface area contributed by atoms with Crippen LogP contribution in [0.1, 0.15) is 44.7 Å². The zero-order valence-electron chi connectivity index (χ0n) is 11.4. The van der Waals surface area contributed by atoms with Gasteiger partial charge in [0.25, 0.3) is 0 Å². The van der Waals surface area contributed by atoms with Gasteiger partial charge in [0.15, 0.2) is 0 Å². The van der Waals surface area contributed by atoms with Crippen LogP contribution in [-0.2, 0) is 4.79 Å². The van der Waals surface area contributed by atoms with Crippen molar-refractivity contribution in [2.75, 3.05) is 0 Å². The molecule has 0 saturated heterocycles. The van der Waals surface area contributed by atoms with E-state index in [1.165, 1.54) is 0 Å². The quantitative estimate of drug-likeness (QED) is 0.894. The summed E-state index contributed by atoms with van der Waals surface area (Å²) in [6.07, 6.45) is 2.83. The Bertz CT molecular complexity index is 460. The minimum Gasteiger partial charge on any atom is -0.349 e. The molecule has 1 saturated carbocycles. The minimum atomic E-state index is -0.430. The number of carbonyl (C=O) groups is 1. The average Bonchev–Trinajstić information content (AvgIpc) is 2.71. The van der Waals surface area contributed by atoms with Gasteiger partial charge in [-0.15, -0.1) is 0 Å². The van der Waals surface area contributed by atoms with Crippen molar-refractivity contribution in [3.05, 3.63) is 34.9 Å². The molecule has 104 valence electrons. The molecule has 3 nitrogen and oxygen atoms in total. The lowest BCUT2D eigenvalue weighted by atomic mass is 9.84. The highest BCUT2D eigenvalue weighted by molar-refractivity contribution is 6.30. The summed E-state index contributed by atoms with van der Waals surface area (Å²) in [5, 5.41) is 3.77. The number of hydrogen-bond acceptors (Lipinski definition) is 2. The lowest BCUT2D eigenvalue weighted by Gasteiger charge is -2.29. The first kappa shape index (κ1) is 14.4. The van der Waals surface area contributed by atoms with Gasteiger partial charge in [0.2, 0.25) is 5.91 Å². The van der Waals surface area contributed by atoms with E-state index in [9.17, 15) is 4.79 Å². The van der Waals surface area contributed by atoms with E-state index in [1.54, 1.807) is 0 Å². The van der Waals surface area contributed by atoms with Crippen molar-refractivity contribution >= 4 is 17.5 Å². The minimum absolute atomic E-state index is 0.0330. The molecular formula is C15H21ClN2O. The Morgan fingerprint density at radius 2 is 2.11 bits per heavy atom. The molecule has 0 heterocycles. The summed E-state index contributed by atoms with van der Waals surface area (Å²) in [7, 11) is 0. The van der Waals surface area contributed by atoms with Gasteiger partial charge in [-0.25, -0.2) is 0 Å². The fourth-order valence-electron chi connectivity index (χ4n) is 2.67. The summed E-state index contributed by atoms with van der Waals surface area (Å²) in [6.45, 7) is 3.94. The monoisotopic (exact) mass is 280 g/mol. The number of halogens is 1. The molecule has 1 aliphatic rings. The van der Waals surface area contributed by atoms with Crippen LogP contribution >= 0.6 is 11.6 Å². The lowest BCUT2D eigenvalue weighted by Crippen LogP contribution is -2.47. The number of amides is 1. The second-order valence-electron chi connectivity index (χ2n) is 5.66. The summed E-state index contributed by atoms with van der Waals surface area (Å²) in [5.41, 5.74) is 6.69. The van der Waals surface area contributed by atoms with Gasteiger partial charge < -0.3 is 11.1 Å². The van der Waals surface area contributed by atoms with Crippen LogP contribution in [0.5, 0.6) is 0 Å². The van der Waals surface area contributed by atoms with Crippen LogP contribution in [0.4, 0.5) is 0 Å². The van der Waals surface area contributed by atoms with Gasteiger partial charge in [0.1, 0.15) is 0 Å². The Balaban J connectivity index is 2.04. The summed E-state index contributed by atoms with van der Waals surface area (Å²) in [6, 6.07) is 7.47. The fraction of sp³-hybridized carbons (Fsp3) is 0.533. The van der Waals surface area contributed by atoms with E-state index < -0.39 is 5.41 Å². The topological polar surface area (TPSA) is 55.1 Å². The number of hydrogen-bond donors (Lipinski definition) is 2. The van der Waals surface area contributed by atoms with Gasteiger partial charge in [-0.2, -0.15) is 0 Å². The lowest BCUT2D eigenvalue weighted by molar-refractivity contribution is -0.131. The van der Waals surface area contributed by atoms with Crippen LogP contribution in [0.2, 0.25) is 5.02 Å². The van der Waals surface area contributed by atoms with Crippen molar-refractivity contribution < 1.29 is 4.79 Å². The molecule has 3 N–H and O–H groups in total. The molecule has 2 unspecified atom stereocenters. The molecule has 19 heavy (non-hydrogen) atoms. The molecule has 0 bridgehead atoms. The second kappa shape index (κ2) is 5.51. The molecule has 2 rings (SSSR count). The predicted octanol–water partition coefficient (Wildman–Crippen LogP) is 3.03. The summed E-state index contributed by atoms with van der Waals surface area (Å²) in [4.78, 5) is 12.4. The maximum Gasteiger partial charge on any atom is 0.227 e. The van der Waals surface area contributed by atoms with E-state index in [-0.39, 0.29) is 18.0 Å². The molecule has 0 spiro atoms. The van der Waals surface area contributed by atoms with Gasteiger partial charge >= 0.3 is 0 Å². The van der Waals surface area contributed by atoms with E-state index in [4.69, 9.17) is 17.3 Å². The molecule has 0 aliphatic heterocycles. The zero-order chi connectivity index (χ0) is 14.0. The van der Waals surface area contributed by atoms with Gasteiger partial charge in [-0.05, 0) is 44.4 Å². The molecule has 0 radical (unpaired) electrons. The third-order valence-corrected chi connectivity index (χ3v) is 4.52. The molecule has 1 aliphatic carbocycles. The maximum atomic E-state index is 12.4. The second-order valence-corrected chi connectivity index (χ2v) is 6.10. The van der Waals surface area contributed by atoms with Crippen molar-refractivity contribution in [1.82, 2.24) is 5.32 Å². The van der Waals surface area contributed by atoms with E-state index in [1.807, 2.05) is 38.1 Å². The number of benzene rings is 1. The Hall–Kier alpha value is -1.06. The summed E-state index contributed by atoms with van der Waals surface area (Å²) in [5.74, 6) is 0.0555. The molecule has 1 amide bonds. The van der Waals surface area contributed by atoms with Gasteiger partial charge in [-0.1, -0.05) is 30.2 Å². The van der Waals surface area contributed by atoms with E-state index >= 15 is 0 Å². The Morgan fingerprint density at radius 3 is 2.63 bits per heavy atom. The first-order valence-electron chi connectivity index (χ1n) is 6.75. The fourth-order valence-corrected chi connectivity index (χ4v) is 2.80. The largest absolute Gasteiger partial charge is 0.349 e. The average molecular weight is 281 g/mol. The van der Waals surface area contributed by atoms with Crippen molar-refractivity contribution in [2.24, 2.45) is 11.1 Å². The zero-order valence-corrected chi connectivity index (χ0v) is 12.2. The van der Waals surface area contributed by atoms with Crippen molar-refractivity contribution in [2.45, 2.75) is 45.2 Å². The Labute approximate surface area is 119 Å². The molecular weight excluding hydrogens is 260 g/mol. The molecule has 1 aromatic carbocycles. The van der Waals surface area contributed by atoms with Crippen molar-refractivity contribution in [1.29, 1.82) is 0 Å². The number of carbonyl (C=O) groups excluding carboxylic acids is 1. The first-order chi connectivity index (χ1) is 8.93. The molecule has 1 fully saturated rings. The smallest absolute Gasteiger partial charge is 0.227 e. The summed E-state index contributed by atoms with van der Waals surface area (Å²) >= 11 is 5.86. The van der Waals surface area contributed by atoms with E-state index in [0.717, 1.165) is 24.8 Å². The third kappa shape index (κ3) is 2.93. The van der Waals surface area contributed by atoms with Crippen LogP contribution in [0.15, 0.2) is 24.3 Å². The number of nitrogens with one attached hydrogen (secondary N) is 1. The molecule has 3 atom stereocenters. The highest BCUT2D eigenvalue weighted by atomic mass is 35.5. The molecule has 1 aromatic rings. The third-order valence-electron chi connectivity index (χ3n) is 4.27. The van der Waals surface area contributed by atoms with E-state index in [0.29, 0.717) is 5.02 Å². The van der Waals surface area contributed by atoms with Crippen molar-refractivity contribution in [3.63, 3.8) is 0 Å². The van der Waals surface area contributed by atoms with Crippen LogP contribution in [0.25, 0.3) is 0 Å². The van der Waals surface area contributed by atoms with Crippen LogP contribution in [0, 0.1) is 5.41 Å². The molecule has 4 heteroatoms. The van der Waals surface area contributed by atoms with Gasteiger partial charge in [0.05, 0.1) is 11.5 Å². The first-order valence-corrected chi connectivity index (χ1v) is 7.13. The van der Waals surface area contributed by atoms with Gasteiger partial charge in [-0.3, -0.25) is 4.79 Å². The van der Waals surface area contributed by atoms with Gasteiger partial charge in [0, 0.05) is 11.1 Å². The van der Waals surface area contributed by atoms with Crippen LogP contribution < -0.4 is 11.1 Å². The highest BCUT2D eigenvalue weighted by Crippen LogP contribution is 2.37. The summed E-state index contributed by atoms with van der Waals surface area (Å²) < 4.78 is 0. The standard InChI is InChI=1S/C15H21ClN2O/c1-10(11-5-7-12(16)8-6-11)18-14(19)15(2)9-3-4-13(15)17/h5-8,10,13H,3-4,9,17H2,1-2H3,(H,18,19)/t10-,13?,15?/m1/s1. The SMILES string of the molecule is C[C@@H](NC(=O)C1(C)CCCC1N)c1ccc(Cl)cc1. The highest BCUT2D eigenvalue weighted by Gasteiger charge is 2.43. The number of nitrogens with two attached hydrogens (primary N) is 1. The predicted molar refractivity (Wildman–Crippen MR) is 77.9 cm³/mol. The van der Waals surface area contributed by atoms with E-state index in [2.05, 4.69) is 5.32 Å². The van der Waals surface area contributed by atoms with Crippen LogP contribution in [0.3, 0.4) is 0 Å². The maximum absolute atomic E-state index is 12.4. The van der Waals surface area contributed by atoms with Crippen LogP contribution in [-0.4, -0.2) is 11.9 Å². The Morgan fingerprint density at radius 1 is 1.47 bits per heavy atom.